The molecule has 3 atom stereocenters. The lowest BCUT2D eigenvalue weighted by Crippen LogP contribution is -2.42. The molecule has 7 nitrogen and oxygen atoms in total. The number of furan rings is 1. The Morgan fingerprint density at radius 1 is 1.15 bits per heavy atom. The van der Waals surface area contributed by atoms with Gasteiger partial charge in [0.1, 0.15) is 5.58 Å². The lowest BCUT2D eigenvalue weighted by atomic mass is 9.95. The number of carbonyl (C=O) groups is 2. The number of nitrogens with one attached hydrogen (secondary N) is 2. The Morgan fingerprint density at radius 2 is 2.00 bits per heavy atom. The molecule has 3 aliphatic rings. The Kier molecular flexibility index (Phi) is 4.13. The van der Waals surface area contributed by atoms with Crippen LogP contribution in [0.15, 0.2) is 28.7 Å². The minimum atomic E-state index is -0.131. The average Bonchev–Trinajstić information content (AvgIpc) is 3.42. The summed E-state index contributed by atoms with van der Waals surface area (Å²) in [7, 11) is 0. The van der Waals surface area contributed by atoms with Gasteiger partial charge in [-0.05, 0) is 43.5 Å². The molecule has 0 spiro atoms. The summed E-state index contributed by atoms with van der Waals surface area (Å²) in [5.74, 6) is 0.105. The van der Waals surface area contributed by atoms with E-state index < -0.39 is 0 Å². The monoisotopic (exact) mass is 369 g/mol. The predicted octanol–water partition coefficient (Wildman–Crippen LogP) is 1.53. The number of rotatable bonds is 3. The summed E-state index contributed by atoms with van der Waals surface area (Å²) in [5, 5.41) is 7.45. The summed E-state index contributed by atoms with van der Waals surface area (Å²) in [6.45, 7) is 2.24. The fourth-order valence-electron chi connectivity index (χ4n) is 4.45. The standard InChI is InChI=1S/C20H23N3O4/c24-19(22-16-11-14-2-3-15(16)21-14)12-1-4-17-13(9-12)10-18(27-17)20(25)23-5-7-26-8-6-23/h1,4,9-10,14-16,21H,2-3,5-8,11H2,(H,22,24)/t14-,15+,16-/m1/s1. The van der Waals surface area contributed by atoms with E-state index in [0.29, 0.717) is 55.3 Å². The molecule has 4 heterocycles. The minimum Gasteiger partial charge on any atom is -0.451 e. The molecule has 3 saturated heterocycles. The zero-order chi connectivity index (χ0) is 18.4. The summed E-state index contributed by atoms with van der Waals surface area (Å²) >= 11 is 0. The van der Waals surface area contributed by atoms with Crippen LogP contribution in [0.3, 0.4) is 0 Å². The van der Waals surface area contributed by atoms with Gasteiger partial charge in [0.2, 0.25) is 0 Å². The summed E-state index contributed by atoms with van der Waals surface area (Å²) in [6.07, 6.45) is 3.34. The topological polar surface area (TPSA) is 83.8 Å². The van der Waals surface area contributed by atoms with E-state index in [4.69, 9.17) is 9.15 Å². The highest BCUT2D eigenvalue weighted by Gasteiger charge is 2.39. The van der Waals surface area contributed by atoms with E-state index in [9.17, 15) is 9.59 Å². The molecule has 0 radical (unpaired) electrons. The molecule has 0 unspecified atom stereocenters. The maximum Gasteiger partial charge on any atom is 0.289 e. The minimum absolute atomic E-state index is 0.0708. The first-order chi connectivity index (χ1) is 13.2. The zero-order valence-electron chi connectivity index (χ0n) is 15.1. The molecule has 1 aromatic heterocycles. The Labute approximate surface area is 157 Å². The first-order valence-corrected chi connectivity index (χ1v) is 9.65. The van der Waals surface area contributed by atoms with Gasteiger partial charge in [-0.25, -0.2) is 0 Å². The van der Waals surface area contributed by atoms with Crippen LogP contribution in [-0.2, 0) is 4.74 Å². The second kappa shape index (κ2) is 6.65. The normalized spacial score (nSPS) is 27.3. The van der Waals surface area contributed by atoms with Crippen LogP contribution in [0.2, 0.25) is 0 Å². The van der Waals surface area contributed by atoms with Gasteiger partial charge in [0.25, 0.3) is 11.8 Å². The number of carbonyl (C=O) groups excluding carboxylic acids is 2. The van der Waals surface area contributed by atoms with Crippen LogP contribution in [0.1, 0.15) is 40.2 Å². The molecule has 3 aliphatic heterocycles. The van der Waals surface area contributed by atoms with Gasteiger partial charge in [0.05, 0.1) is 13.2 Å². The van der Waals surface area contributed by atoms with E-state index in [1.807, 2.05) is 0 Å². The van der Waals surface area contributed by atoms with Crippen LogP contribution in [0.5, 0.6) is 0 Å². The molecular formula is C20H23N3O4. The van der Waals surface area contributed by atoms with E-state index in [0.717, 1.165) is 18.2 Å². The molecule has 5 rings (SSSR count). The highest BCUT2D eigenvalue weighted by atomic mass is 16.5. The molecule has 0 aliphatic carbocycles. The number of benzene rings is 1. The first kappa shape index (κ1) is 16.8. The maximum atomic E-state index is 12.7. The van der Waals surface area contributed by atoms with Crippen LogP contribution in [0.4, 0.5) is 0 Å². The number of hydrogen-bond donors (Lipinski definition) is 2. The van der Waals surface area contributed by atoms with Crippen LogP contribution in [-0.4, -0.2) is 61.1 Å². The van der Waals surface area contributed by atoms with E-state index >= 15 is 0 Å². The van der Waals surface area contributed by atoms with Crippen molar-refractivity contribution in [3.8, 4) is 0 Å². The van der Waals surface area contributed by atoms with Crippen LogP contribution < -0.4 is 10.6 Å². The Morgan fingerprint density at radius 3 is 2.74 bits per heavy atom. The van der Waals surface area contributed by atoms with Crippen LogP contribution >= 0.6 is 0 Å². The van der Waals surface area contributed by atoms with Crippen molar-refractivity contribution in [3.05, 3.63) is 35.6 Å². The molecule has 2 bridgehead atoms. The van der Waals surface area contributed by atoms with Crippen molar-refractivity contribution in [2.24, 2.45) is 0 Å². The van der Waals surface area contributed by atoms with E-state index in [-0.39, 0.29) is 17.9 Å². The number of amides is 2. The molecule has 0 saturated carbocycles. The van der Waals surface area contributed by atoms with Crippen molar-refractivity contribution in [3.63, 3.8) is 0 Å². The highest BCUT2D eigenvalue weighted by molar-refractivity contribution is 6.00. The first-order valence-electron chi connectivity index (χ1n) is 9.65. The molecule has 1 aromatic carbocycles. The van der Waals surface area contributed by atoms with Gasteiger partial charge < -0.3 is 24.7 Å². The Balaban J connectivity index is 1.32. The van der Waals surface area contributed by atoms with Gasteiger partial charge in [-0.15, -0.1) is 0 Å². The van der Waals surface area contributed by atoms with Crippen molar-refractivity contribution in [1.82, 2.24) is 15.5 Å². The summed E-state index contributed by atoms with van der Waals surface area (Å²) in [5.41, 5.74) is 1.21. The predicted molar refractivity (Wildman–Crippen MR) is 98.8 cm³/mol. The second-order valence-corrected chi connectivity index (χ2v) is 7.63. The van der Waals surface area contributed by atoms with Crippen molar-refractivity contribution >= 4 is 22.8 Å². The molecule has 2 N–H and O–H groups in total. The third-order valence-electron chi connectivity index (χ3n) is 5.90. The number of fused-ring (bicyclic) bond motifs is 3. The lowest BCUT2D eigenvalue weighted by molar-refractivity contribution is 0.0284. The Hall–Kier alpha value is -2.38. The van der Waals surface area contributed by atoms with Gasteiger partial charge in [0, 0.05) is 42.2 Å². The Bertz CT molecular complexity index is 886. The molecule has 142 valence electrons. The third-order valence-corrected chi connectivity index (χ3v) is 5.90. The van der Waals surface area contributed by atoms with Gasteiger partial charge in [0.15, 0.2) is 5.76 Å². The maximum absolute atomic E-state index is 12.7. The molecule has 2 amide bonds. The highest BCUT2D eigenvalue weighted by Crippen LogP contribution is 2.29. The van der Waals surface area contributed by atoms with Crippen molar-refractivity contribution < 1.29 is 18.7 Å². The van der Waals surface area contributed by atoms with Crippen molar-refractivity contribution in [1.29, 1.82) is 0 Å². The van der Waals surface area contributed by atoms with Crippen LogP contribution in [0.25, 0.3) is 11.0 Å². The summed E-state index contributed by atoms with van der Waals surface area (Å²) < 4.78 is 11.0. The fraction of sp³-hybridized carbons (Fsp3) is 0.500. The van der Waals surface area contributed by atoms with E-state index in [1.54, 1.807) is 29.2 Å². The quantitative estimate of drug-likeness (QED) is 0.857. The lowest BCUT2D eigenvalue weighted by Gasteiger charge is -2.25. The van der Waals surface area contributed by atoms with Crippen molar-refractivity contribution in [2.45, 2.75) is 37.4 Å². The molecular weight excluding hydrogens is 346 g/mol. The summed E-state index contributed by atoms with van der Waals surface area (Å²) in [6, 6.07) is 8.19. The van der Waals surface area contributed by atoms with E-state index in [1.165, 1.54) is 6.42 Å². The molecule has 3 fully saturated rings. The third kappa shape index (κ3) is 3.11. The number of morpholine rings is 1. The largest absolute Gasteiger partial charge is 0.451 e. The second-order valence-electron chi connectivity index (χ2n) is 7.63. The number of hydrogen-bond acceptors (Lipinski definition) is 5. The average molecular weight is 369 g/mol. The van der Waals surface area contributed by atoms with Gasteiger partial charge in [-0.2, -0.15) is 0 Å². The fourth-order valence-corrected chi connectivity index (χ4v) is 4.45. The van der Waals surface area contributed by atoms with Gasteiger partial charge >= 0.3 is 0 Å². The van der Waals surface area contributed by atoms with Gasteiger partial charge in [-0.1, -0.05) is 0 Å². The smallest absolute Gasteiger partial charge is 0.289 e. The number of nitrogens with zero attached hydrogens (tertiary/aromatic N) is 1. The van der Waals surface area contributed by atoms with Crippen LogP contribution in [0, 0.1) is 0 Å². The molecule has 2 aromatic rings. The zero-order valence-corrected chi connectivity index (χ0v) is 15.1. The SMILES string of the molecule is O=C(N[C@@H]1C[C@H]2CC[C@@H]1N2)c1ccc2oc(C(=O)N3CCOCC3)cc2c1. The molecule has 7 heteroatoms. The summed E-state index contributed by atoms with van der Waals surface area (Å²) in [4.78, 5) is 27.0. The molecule has 27 heavy (non-hydrogen) atoms. The van der Waals surface area contributed by atoms with Crippen molar-refractivity contribution in [2.75, 3.05) is 26.3 Å². The van der Waals surface area contributed by atoms with Gasteiger partial charge in [-0.3, -0.25) is 9.59 Å². The number of ether oxygens (including phenoxy) is 1. The van der Waals surface area contributed by atoms with E-state index in [2.05, 4.69) is 10.6 Å².